The number of hydrogen-bond donors (Lipinski definition) is 1. The highest BCUT2D eigenvalue weighted by molar-refractivity contribution is 5.61. The van der Waals surface area contributed by atoms with Gasteiger partial charge in [0.2, 0.25) is 5.95 Å². The zero-order valence-corrected chi connectivity index (χ0v) is 12.6. The average Bonchev–Trinajstić information content (AvgIpc) is 2.63. The molecule has 0 atom stereocenters. The maximum atomic E-state index is 8.82. The fraction of sp³-hybridized carbons (Fsp3) is 0.0556. The molecule has 0 spiro atoms. The minimum atomic E-state index is 0.509. The summed E-state index contributed by atoms with van der Waals surface area (Å²) in [5.74, 6) is 1.30. The van der Waals surface area contributed by atoms with Gasteiger partial charge in [-0.3, -0.25) is 0 Å². The molecule has 1 aromatic heterocycles. The van der Waals surface area contributed by atoms with Crippen molar-refractivity contribution in [2.45, 2.75) is 0 Å². The van der Waals surface area contributed by atoms with E-state index in [-0.39, 0.29) is 0 Å². The van der Waals surface area contributed by atoms with Gasteiger partial charge in [0.1, 0.15) is 5.82 Å². The van der Waals surface area contributed by atoms with Crippen molar-refractivity contribution in [2.75, 3.05) is 17.3 Å². The van der Waals surface area contributed by atoms with Crippen LogP contribution in [0, 0.1) is 11.3 Å². The normalized spacial score (nSPS) is 9.91. The summed E-state index contributed by atoms with van der Waals surface area (Å²) in [5, 5.41) is 12.0. The van der Waals surface area contributed by atoms with Crippen molar-refractivity contribution in [3.8, 4) is 6.07 Å². The minimum absolute atomic E-state index is 0.509. The highest BCUT2D eigenvalue weighted by Gasteiger charge is 2.06. The van der Waals surface area contributed by atoms with Crippen LogP contribution in [0.3, 0.4) is 0 Å². The fourth-order valence-corrected chi connectivity index (χ4v) is 2.14. The molecule has 23 heavy (non-hydrogen) atoms. The van der Waals surface area contributed by atoms with Gasteiger partial charge >= 0.3 is 0 Å². The third-order valence-electron chi connectivity index (χ3n) is 3.40. The topological polar surface area (TPSA) is 64.8 Å². The number of aromatic nitrogens is 2. The number of nitriles is 1. The minimum Gasteiger partial charge on any atom is -0.329 e. The van der Waals surface area contributed by atoms with Gasteiger partial charge in [0, 0.05) is 24.6 Å². The molecular formula is C18H15N5. The van der Waals surface area contributed by atoms with E-state index in [0.717, 1.165) is 17.2 Å². The van der Waals surface area contributed by atoms with Crippen LogP contribution in [-0.2, 0) is 0 Å². The summed E-state index contributed by atoms with van der Waals surface area (Å²) in [5.41, 5.74) is 2.51. The Hall–Kier alpha value is -3.39. The predicted molar refractivity (Wildman–Crippen MR) is 91.0 cm³/mol. The molecule has 0 unspecified atom stereocenters. The standard InChI is InChI=1S/C18H15N5/c1-23(16-5-3-2-4-6-16)17-11-12-20-18(22-17)21-15-9-7-14(13-19)8-10-15/h2-12H,1H3,(H,20,21,22). The van der Waals surface area contributed by atoms with Crippen LogP contribution in [0.1, 0.15) is 5.56 Å². The Kier molecular flexibility index (Phi) is 4.16. The number of para-hydroxylation sites is 1. The summed E-state index contributed by atoms with van der Waals surface area (Å²) in [6.07, 6.45) is 1.72. The second-order valence-corrected chi connectivity index (χ2v) is 4.95. The molecule has 0 radical (unpaired) electrons. The van der Waals surface area contributed by atoms with Crippen molar-refractivity contribution in [3.05, 3.63) is 72.4 Å². The van der Waals surface area contributed by atoms with E-state index in [2.05, 4.69) is 21.4 Å². The molecule has 0 saturated carbocycles. The van der Waals surface area contributed by atoms with E-state index in [0.29, 0.717) is 11.5 Å². The monoisotopic (exact) mass is 301 g/mol. The number of rotatable bonds is 4. The molecular weight excluding hydrogens is 286 g/mol. The lowest BCUT2D eigenvalue weighted by atomic mass is 10.2. The van der Waals surface area contributed by atoms with Crippen LogP contribution in [0.25, 0.3) is 0 Å². The van der Waals surface area contributed by atoms with Crippen molar-refractivity contribution in [1.29, 1.82) is 5.26 Å². The molecule has 5 nitrogen and oxygen atoms in total. The first-order valence-corrected chi connectivity index (χ1v) is 7.15. The smallest absolute Gasteiger partial charge is 0.229 e. The molecule has 0 aliphatic rings. The van der Waals surface area contributed by atoms with Crippen LogP contribution in [0.4, 0.5) is 23.1 Å². The van der Waals surface area contributed by atoms with Crippen molar-refractivity contribution >= 4 is 23.1 Å². The molecule has 0 aliphatic carbocycles. The third-order valence-corrected chi connectivity index (χ3v) is 3.40. The lowest BCUT2D eigenvalue weighted by Gasteiger charge is -2.18. The summed E-state index contributed by atoms with van der Waals surface area (Å²) >= 11 is 0. The van der Waals surface area contributed by atoms with Crippen molar-refractivity contribution in [1.82, 2.24) is 9.97 Å². The average molecular weight is 301 g/mol. The highest BCUT2D eigenvalue weighted by Crippen LogP contribution is 2.22. The number of nitrogens with zero attached hydrogens (tertiary/aromatic N) is 4. The van der Waals surface area contributed by atoms with Gasteiger partial charge in [-0.2, -0.15) is 10.2 Å². The molecule has 0 aliphatic heterocycles. The lowest BCUT2D eigenvalue weighted by molar-refractivity contribution is 1.08. The van der Waals surface area contributed by atoms with Crippen LogP contribution in [0.2, 0.25) is 0 Å². The van der Waals surface area contributed by atoms with Crippen molar-refractivity contribution in [2.24, 2.45) is 0 Å². The van der Waals surface area contributed by atoms with Gasteiger partial charge < -0.3 is 10.2 Å². The Balaban J connectivity index is 1.81. The van der Waals surface area contributed by atoms with Crippen LogP contribution < -0.4 is 10.2 Å². The maximum Gasteiger partial charge on any atom is 0.229 e. The quantitative estimate of drug-likeness (QED) is 0.792. The number of benzene rings is 2. The zero-order valence-electron chi connectivity index (χ0n) is 12.6. The summed E-state index contributed by atoms with van der Waals surface area (Å²) in [6, 6.07) is 21.1. The largest absolute Gasteiger partial charge is 0.329 e. The SMILES string of the molecule is CN(c1ccccc1)c1ccnc(Nc2ccc(C#N)cc2)n1. The summed E-state index contributed by atoms with van der Waals surface area (Å²) in [6.45, 7) is 0. The maximum absolute atomic E-state index is 8.82. The number of hydrogen-bond acceptors (Lipinski definition) is 5. The molecule has 112 valence electrons. The second-order valence-electron chi connectivity index (χ2n) is 4.95. The number of nitrogens with one attached hydrogen (secondary N) is 1. The van der Waals surface area contributed by atoms with Gasteiger partial charge in [-0.1, -0.05) is 18.2 Å². The lowest BCUT2D eigenvalue weighted by Crippen LogP contribution is -2.12. The molecule has 0 saturated heterocycles. The van der Waals surface area contributed by atoms with Crippen LogP contribution in [0.5, 0.6) is 0 Å². The fourth-order valence-electron chi connectivity index (χ4n) is 2.14. The molecule has 0 amide bonds. The van der Waals surface area contributed by atoms with Crippen LogP contribution in [0.15, 0.2) is 66.9 Å². The molecule has 3 aromatic rings. The van der Waals surface area contributed by atoms with Gasteiger partial charge in [-0.25, -0.2) is 4.98 Å². The van der Waals surface area contributed by atoms with Crippen LogP contribution in [-0.4, -0.2) is 17.0 Å². The Morgan fingerprint density at radius 2 is 1.74 bits per heavy atom. The first-order valence-electron chi connectivity index (χ1n) is 7.15. The predicted octanol–water partition coefficient (Wildman–Crippen LogP) is 3.86. The summed E-state index contributed by atoms with van der Waals surface area (Å²) in [4.78, 5) is 10.8. The zero-order chi connectivity index (χ0) is 16.1. The van der Waals surface area contributed by atoms with E-state index < -0.39 is 0 Å². The van der Waals surface area contributed by atoms with E-state index >= 15 is 0 Å². The highest BCUT2D eigenvalue weighted by atomic mass is 15.2. The Morgan fingerprint density at radius 1 is 1.00 bits per heavy atom. The van der Waals surface area contributed by atoms with Crippen molar-refractivity contribution in [3.63, 3.8) is 0 Å². The van der Waals surface area contributed by atoms with Gasteiger partial charge in [0.15, 0.2) is 0 Å². The third kappa shape index (κ3) is 3.44. The molecule has 1 heterocycles. The van der Waals surface area contributed by atoms with Gasteiger partial charge in [-0.15, -0.1) is 0 Å². The molecule has 0 fully saturated rings. The first kappa shape index (κ1) is 14.5. The van der Waals surface area contributed by atoms with Crippen LogP contribution >= 0.6 is 0 Å². The Bertz CT molecular complexity index is 822. The van der Waals surface area contributed by atoms with Gasteiger partial charge in [-0.05, 0) is 42.5 Å². The summed E-state index contributed by atoms with van der Waals surface area (Å²) < 4.78 is 0. The molecule has 3 rings (SSSR count). The van der Waals surface area contributed by atoms with E-state index in [9.17, 15) is 0 Å². The summed E-state index contributed by atoms with van der Waals surface area (Å²) in [7, 11) is 1.96. The van der Waals surface area contributed by atoms with E-state index in [1.807, 2.05) is 60.5 Å². The Morgan fingerprint density at radius 3 is 2.43 bits per heavy atom. The van der Waals surface area contributed by atoms with E-state index in [4.69, 9.17) is 5.26 Å². The van der Waals surface area contributed by atoms with Gasteiger partial charge in [0.05, 0.1) is 11.6 Å². The second kappa shape index (κ2) is 6.58. The first-order chi connectivity index (χ1) is 11.3. The van der Waals surface area contributed by atoms with Crippen molar-refractivity contribution < 1.29 is 0 Å². The number of anilines is 4. The Labute approximate surface area is 134 Å². The molecule has 0 bridgehead atoms. The van der Waals surface area contributed by atoms with Gasteiger partial charge in [0.25, 0.3) is 0 Å². The van der Waals surface area contributed by atoms with E-state index in [1.165, 1.54) is 0 Å². The molecule has 2 aromatic carbocycles. The molecule has 1 N–H and O–H groups in total. The molecule has 5 heteroatoms. The van der Waals surface area contributed by atoms with E-state index in [1.54, 1.807) is 18.3 Å².